The number of likely N-dealkylation sites (tertiary alicyclic amines) is 1. The Labute approximate surface area is 111 Å². The van der Waals surface area contributed by atoms with Crippen LogP contribution in [0, 0.1) is 11.7 Å². The third-order valence-electron chi connectivity index (χ3n) is 3.39. The lowest BCUT2D eigenvalue weighted by Gasteiger charge is -2.31. The summed E-state index contributed by atoms with van der Waals surface area (Å²) in [6, 6.07) is 4.05. The maximum atomic E-state index is 13.6. The molecule has 0 spiro atoms. The number of halogens is 2. The molecule has 0 bridgehead atoms. The summed E-state index contributed by atoms with van der Waals surface area (Å²) in [5.74, 6) is -0.339. The molecule has 0 saturated carbocycles. The first-order chi connectivity index (χ1) is 8.61. The third kappa shape index (κ3) is 2.82. The fourth-order valence-electron chi connectivity index (χ4n) is 2.20. The molecule has 2 rings (SSSR count). The zero-order valence-electron chi connectivity index (χ0n) is 10.0. The van der Waals surface area contributed by atoms with E-state index in [1.54, 1.807) is 4.90 Å². The Morgan fingerprint density at radius 1 is 1.44 bits per heavy atom. The molecule has 2 N–H and O–H groups in total. The van der Waals surface area contributed by atoms with Crippen LogP contribution in [-0.2, 0) is 0 Å². The smallest absolute Gasteiger partial charge is 0.256 e. The quantitative estimate of drug-likeness (QED) is 0.896. The maximum Gasteiger partial charge on any atom is 0.256 e. The Morgan fingerprint density at radius 2 is 2.11 bits per heavy atom. The zero-order valence-corrected chi connectivity index (χ0v) is 10.8. The molecule has 1 amide bonds. The maximum absolute atomic E-state index is 13.6. The summed E-state index contributed by atoms with van der Waals surface area (Å²) in [7, 11) is 0. The van der Waals surface area contributed by atoms with Crippen LogP contribution in [0.1, 0.15) is 23.2 Å². The Balaban J connectivity index is 2.10. The molecule has 18 heavy (non-hydrogen) atoms. The van der Waals surface area contributed by atoms with Crippen LogP contribution in [0.5, 0.6) is 0 Å². The van der Waals surface area contributed by atoms with E-state index in [9.17, 15) is 9.18 Å². The Hall–Kier alpha value is -1.13. The van der Waals surface area contributed by atoms with Gasteiger partial charge in [0.25, 0.3) is 5.91 Å². The minimum Gasteiger partial charge on any atom is -0.339 e. The van der Waals surface area contributed by atoms with Gasteiger partial charge in [-0.2, -0.15) is 0 Å². The summed E-state index contributed by atoms with van der Waals surface area (Å²) in [6.45, 7) is 1.91. The molecule has 5 heteroatoms. The fourth-order valence-corrected chi connectivity index (χ4v) is 2.38. The second-order valence-corrected chi connectivity index (χ2v) is 5.03. The van der Waals surface area contributed by atoms with Crippen molar-refractivity contribution >= 4 is 17.5 Å². The second-order valence-electron chi connectivity index (χ2n) is 4.60. The number of rotatable bonds is 2. The molecule has 0 unspecified atom stereocenters. The first-order valence-electron chi connectivity index (χ1n) is 6.06. The summed E-state index contributed by atoms with van der Waals surface area (Å²) in [5, 5.41) is 0.372. The topological polar surface area (TPSA) is 46.3 Å². The van der Waals surface area contributed by atoms with Gasteiger partial charge in [0, 0.05) is 18.1 Å². The molecule has 0 aliphatic carbocycles. The van der Waals surface area contributed by atoms with E-state index in [1.165, 1.54) is 18.2 Å². The van der Waals surface area contributed by atoms with Crippen molar-refractivity contribution in [2.45, 2.75) is 12.8 Å². The highest BCUT2D eigenvalue weighted by Crippen LogP contribution is 2.21. The minimum atomic E-state index is -0.523. The van der Waals surface area contributed by atoms with Gasteiger partial charge < -0.3 is 10.6 Å². The molecule has 1 aromatic carbocycles. The molecule has 0 radical (unpaired) electrons. The largest absolute Gasteiger partial charge is 0.339 e. The van der Waals surface area contributed by atoms with E-state index in [0.717, 1.165) is 12.8 Å². The van der Waals surface area contributed by atoms with Crippen LogP contribution in [0.2, 0.25) is 5.02 Å². The summed E-state index contributed by atoms with van der Waals surface area (Å²) >= 11 is 5.79. The highest BCUT2D eigenvalue weighted by Gasteiger charge is 2.24. The Bertz CT molecular complexity index is 445. The molecule has 1 aromatic rings. The second kappa shape index (κ2) is 5.67. The normalized spacial score (nSPS) is 16.9. The number of nitrogens with zero attached hydrogens (tertiary/aromatic N) is 1. The van der Waals surface area contributed by atoms with Crippen LogP contribution >= 0.6 is 11.6 Å². The van der Waals surface area contributed by atoms with Gasteiger partial charge in [-0.1, -0.05) is 11.6 Å². The van der Waals surface area contributed by atoms with Crippen molar-refractivity contribution in [3.63, 3.8) is 0 Å². The standard InChI is InChI=1S/C13H16ClFN2O/c14-10-1-2-12(15)11(7-10)13(18)17-5-3-9(8-16)4-6-17/h1-2,7,9H,3-6,8,16H2. The summed E-state index contributed by atoms with van der Waals surface area (Å²) in [6.07, 6.45) is 1.76. The predicted octanol–water partition coefficient (Wildman–Crippen LogP) is 2.29. The number of carbonyl (C=O) groups excluding carboxylic acids is 1. The van der Waals surface area contributed by atoms with E-state index in [4.69, 9.17) is 17.3 Å². The van der Waals surface area contributed by atoms with E-state index >= 15 is 0 Å². The summed E-state index contributed by atoms with van der Waals surface area (Å²) in [4.78, 5) is 13.8. The highest BCUT2D eigenvalue weighted by atomic mass is 35.5. The van der Waals surface area contributed by atoms with Crippen molar-refractivity contribution < 1.29 is 9.18 Å². The van der Waals surface area contributed by atoms with Gasteiger partial charge in [0.05, 0.1) is 5.56 Å². The SMILES string of the molecule is NCC1CCN(C(=O)c2cc(Cl)ccc2F)CC1. The van der Waals surface area contributed by atoms with E-state index in [1.807, 2.05) is 0 Å². The molecule has 0 atom stereocenters. The van der Waals surface area contributed by atoms with Crippen LogP contribution < -0.4 is 5.73 Å². The van der Waals surface area contributed by atoms with Gasteiger partial charge >= 0.3 is 0 Å². The number of hydrogen-bond donors (Lipinski definition) is 1. The van der Waals surface area contributed by atoms with Gasteiger partial charge in [-0.25, -0.2) is 4.39 Å². The monoisotopic (exact) mass is 270 g/mol. The molecule has 1 fully saturated rings. The number of carbonyl (C=O) groups is 1. The number of nitrogens with two attached hydrogens (primary N) is 1. The van der Waals surface area contributed by atoms with E-state index < -0.39 is 5.82 Å². The van der Waals surface area contributed by atoms with E-state index in [2.05, 4.69) is 0 Å². The third-order valence-corrected chi connectivity index (χ3v) is 3.63. The van der Waals surface area contributed by atoms with Crippen molar-refractivity contribution in [3.8, 4) is 0 Å². The van der Waals surface area contributed by atoms with Gasteiger partial charge in [0.15, 0.2) is 0 Å². The predicted molar refractivity (Wildman–Crippen MR) is 69.1 cm³/mol. The van der Waals surface area contributed by atoms with Crippen LogP contribution in [0.4, 0.5) is 4.39 Å². The molecule has 1 heterocycles. The van der Waals surface area contributed by atoms with Gasteiger partial charge in [-0.15, -0.1) is 0 Å². The van der Waals surface area contributed by atoms with Crippen molar-refractivity contribution in [1.82, 2.24) is 4.90 Å². The lowest BCUT2D eigenvalue weighted by molar-refractivity contribution is 0.0688. The van der Waals surface area contributed by atoms with Crippen LogP contribution in [0.25, 0.3) is 0 Å². The van der Waals surface area contributed by atoms with Gasteiger partial charge in [0.1, 0.15) is 5.82 Å². The number of piperidine rings is 1. The average Bonchev–Trinajstić information content (AvgIpc) is 2.41. The molecule has 3 nitrogen and oxygen atoms in total. The average molecular weight is 271 g/mol. The molecular weight excluding hydrogens is 255 g/mol. The fraction of sp³-hybridized carbons (Fsp3) is 0.462. The van der Waals surface area contributed by atoms with Crippen molar-refractivity contribution in [2.24, 2.45) is 11.7 Å². The molecular formula is C13H16ClFN2O. The summed E-state index contributed by atoms with van der Waals surface area (Å²) in [5.41, 5.74) is 5.65. The summed E-state index contributed by atoms with van der Waals surface area (Å²) < 4.78 is 13.6. The number of benzene rings is 1. The van der Waals surface area contributed by atoms with Gasteiger partial charge in [-0.3, -0.25) is 4.79 Å². The first kappa shape index (κ1) is 13.3. The van der Waals surface area contributed by atoms with Crippen molar-refractivity contribution in [2.75, 3.05) is 19.6 Å². The lowest BCUT2D eigenvalue weighted by atomic mass is 9.96. The molecule has 98 valence electrons. The number of hydrogen-bond acceptors (Lipinski definition) is 2. The van der Waals surface area contributed by atoms with Crippen molar-refractivity contribution in [3.05, 3.63) is 34.6 Å². The van der Waals surface area contributed by atoms with Crippen molar-refractivity contribution in [1.29, 1.82) is 0 Å². The van der Waals surface area contributed by atoms with E-state index in [0.29, 0.717) is 30.6 Å². The molecule has 1 aliphatic heterocycles. The van der Waals surface area contributed by atoms with E-state index in [-0.39, 0.29) is 11.5 Å². The van der Waals surface area contributed by atoms with Crippen LogP contribution in [-0.4, -0.2) is 30.4 Å². The molecule has 1 aliphatic rings. The lowest BCUT2D eigenvalue weighted by Crippen LogP contribution is -2.40. The minimum absolute atomic E-state index is 0.0497. The zero-order chi connectivity index (χ0) is 13.1. The number of amides is 1. The van der Waals surface area contributed by atoms with Gasteiger partial charge in [-0.05, 0) is 43.5 Å². The Kier molecular flexibility index (Phi) is 4.19. The Morgan fingerprint density at radius 3 is 2.72 bits per heavy atom. The van der Waals surface area contributed by atoms with Crippen LogP contribution in [0.15, 0.2) is 18.2 Å². The van der Waals surface area contributed by atoms with Crippen LogP contribution in [0.3, 0.4) is 0 Å². The van der Waals surface area contributed by atoms with Gasteiger partial charge in [0.2, 0.25) is 0 Å². The molecule has 0 aromatic heterocycles. The highest BCUT2D eigenvalue weighted by molar-refractivity contribution is 6.31. The first-order valence-corrected chi connectivity index (χ1v) is 6.44. The molecule has 1 saturated heterocycles.